The molecule has 2 rings (SSSR count). The standard InChI is InChI=1S/C12H14ClN3O4/c13-10-4-1-8(7-11(10)16(19)20)14-12(18)15(5-6-17)9-2-3-9/h1,4,7,9,17H,2-3,5-6H2,(H,14,18). The Hall–Kier alpha value is -1.86. The molecule has 0 aromatic heterocycles. The highest BCUT2D eigenvalue weighted by molar-refractivity contribution is 6.32. The molecule has 8 heteroatoms. The topological polar surface area (TPSA) is 95.7 Å². The molecule has 108 valence electrons. The summed E-state index contributed by atoms with van der Waals surface area (Å²) in [5.74, 6) is 0. The fourth-order valence-electron chi connectivity index (χ4n) is 1.87. The molecule has 1 aromatic rings. The summed E-state index contributed by atoms with van der Waals surface area (Å²) in [6, 6.07) is 3.84. The third-order valence-corrected chi connectivity index (χ3v) is 3.30. The molecule has 1 aliphatic rings. The highest BCUT2D eigenvalue weighted by atomic mass is 35.5. The summed E-state index contributed by atoms with van der Waals surface area (Å²) >= 11 is 5.70. The smallest absolute Gasteiger partial charge is 0.322 e. The number of carbonyl (C=O) groups is 1. The number of urea groups is 1. The van der Waals surface area contributed by atoms with E-state index in [4.69, 9.17) is 16.7 Å². The fourth-order valence-corrected chi connectivity index (χ4v) is 2.06. The molecule has 0 aliphatic heterocycles. The Labute approximate surface area is 120 Å². The van der Waals surface area contributed by atoms with Crippen molar-refractivity contribution in [2.24, 2.45) is 0 Å². The van der Waals surface area contributed by atoms with E-state index in [1.807, 2.05) is 0 Å². The van der Waals surface area contributed by atoms with E-state index in [1.165, 1.54) is 23.1 Å². The molecule has 1 aliphatic carbocycles. The lowest BCUT2D eigenvalue weighted by Crippen LogP contribution is -2.38. The number of hydrogen-bond donors (Lipinski definition) is 2. The Morgan fingerprint density at radius 2 is 2.25 bits per heavy atom. The van der Waals surface area contributed by atoms with Gasteiger partial charge >= 0.3 is 6.03 Å². The van der Waals surface area contributed by atoms with E-state index in [9.17, 15) is 14.9 Å². The van der Waals surface area contributed by atoms with E-state index in [2.05, 4.69) is 5.32 Å². The van der Waals surface area contributed by atoms with Crippen molar-refractivity contribution in [2.45, 2.75) is 18.9 Å². The molecule has 1 fully saturated rings. The van der Waals surface area contributed by atoms with Crippen LogP contribution in [0.5, 0.6) is 0 Å². The van der Waals surface area contributed by atoms with E-state index < -0.39 is 4.92 Å². The summed E-state index contributed by atoms with van der Waals surface area (Å²) in [7, 11) is 0. The summed E-state index contributed by atoms with van der Waals surface area (Å²) in [6.45, 7) is 0.122. The number of hydrogen-bond acceptors (Lipinski definition) is 4. The number of carbonyl (C=O) groups excluding carboxylic acids is 1. The maximum atomic E-state index is 12.1. The number of nitrogens with zero attached hydrogens (tertiary/aromatic N) is 2. The van der Waals surface area contributed by atoms with E-state index in [0.717, 1.165) is 12.8 Å². The number of nitro groups is 1. The van der Waals surface area contributed by atoms with Gasteiger partial charge in [0.25, 0.3) is 5.69 Å². The number of rotatable bonds is 5. The molecular weight excluding hydrogens is 286 g/mol. The van der Waals surface area contributed by atoms with Gasteiger partial charge in [-0.3, -0.25) is 10.1 Å². The minimum atomic E-state index is -0.607. The van der Waals surface area contributed by atoms with Gasteiger partial charge in [0.05, 0.1) is 11.5 Å². The molecule has 20 heavy (non-hydrogen) atoms. The Morgan fingerprint density at radius 1 is 1.55 bits per heavy atom. The second-order valence-electron chi connectivity index (χ2n) is 4.50. The maximum Gasteiger partial charge on any atom is 0.322 e. The van der Waals surface area contributed by atoms with Crippen molar-refractivity contribution in [3.63, 3.8) is 0 Å². The van der Waals surface area contributed by atoms with Crippen LogP contribution in [-0.2, 0) is 0 Å². The predicted octanol–water partition coefficient (Wildman–Crippen LogP) is 2.24. The number of aliphatic hydroxyl groups is 1. The van der Waals surface area contributed by atoms with Gasteiger partial charge in [-0.15, -0.1) is 0 Å². The van der Waals surface area contributed by atoms with Crippen LogP contribution in [0.4, 0.5) is 16.2 Å². The van der Waals surface area contributed by atoms with Gasteiger partial charge in [0.15, 0.2) is 0 Å². The van der Waals surface area contributed by atoms with Crippen molar-refractivity contribution >= 4 is 29.0 Å². The molecule has 1 aromatic carbocycles. The second kappa shape index (κ2) is 6.06. The first-order chi connectivity index (χ1) is 9.52. The number of halogens is 1. The zero-order valence-electron chi connectivity index (χ0n) is 10.6. The Morgan fingerprint density at radius 3 is 2.80 bits per heavy atom. The first-order valence-electron chi connectivity index (χ1n) is 6.15. The summed E-state index contributed by atoms with van der Waals surface area (Å²) in [4.78, 5) is 23.8. The van der Waals surface area contributed by atoms with Gasteiger partial charge < -0.3 is 15.3 Å². The molecule has 0 spiro atoms. The van der Waals surface area contributed by atoms with Crippen molar-refractivity contribution in [3.8, 4) is 0 Å². The average molecular weight is 300 g/mol. The average Bonchev–Trinajstić information content (AvgIpc) is 3.22. The summed E-state index contributed by atoms with van der Waals surface area (Å²) in [5.41, 5.74) is 0.0410. The van der Waals surface area contributed by atoms with Crippen LogP contribution < -0.4 is 5.32 Å². The van der Waals surface area contributed by atoms with Crippen molar-refractivity contribution in [1.82, 2.24) is 4.90 Å². The molecule has 7 nitrogen and oxygen atoms in total. The lowest BCUT2D eigenvalue weighted by molar-refractivity contribution is -0.384. The van der Waals surface area contributed by atoms with Gasteiger partial charge in [-0.05, 0) is 25.0 Å². The van der Waals surface area contributed by atoms with Gasteiger partial charge in [0.1, 0.15) is 5.02 Å². The summed E-state index contributed by atoms with van der Waals surface area (Å²) < 4.78 is 0. The number of benzene rings is 1. The molecule has 0 bridgehead atoms. The highest BCUT2D eigenvalue weighted by Crippen LogP contribution is 2.29. The summed E-state index contributed by atoms with van der Waals surface area (Å²) in [5, 5.41) is 22.3. The third kappa shape index (κ3) is 3.37. The molecule has 0 saturated heterocycles. The number of nitrogens with one attached hydrogen (secondary N) is 1. The quantitative estimate of drug-likeness (QED) is 0.644. The predicted molar refractivity (Wildman–Crippen MR) is 73.9 cm³/mol. The van der Waals surface area contributed by atoms with E-state index in [-0.39, 0.29) is 35.9 Å². The molecule has 1 saturated carbocycles. The van der Waals surface area contributed by atoms with Crippen LogP contribution in [0.25, 0.3) is 0 Å². The van der Waals surface area contributed by atoms with Crippen LogP contribution in [0.2, 0.25) is 5.02 Å². The number of anilines is 1. The maximum absolute atomic E-state index is 12.1. The minimum absolute atomic E-state index is 0.0161. The fraction of sp³-hybridized carbons (Fsp3) is 0.417. The van der Waals surface area contributed by atoms with Gasteiger partial charge in [0, 0.05) is 24.3 Å². The number of amides is 2. The normalized spacial score (nSPS) is 13.9. The largest absolute Gasteiger partial charge is 0.395 e. The van der Waals surface area contributed by atoms with Crippen LogP contribution in [-0.4, -0.2) is 40.2 Å². The molecular formula is C12H14ClN3O4. The van der Waals surface area contributed by atoms with Crippen LogP contribution in [0.15, 0.2) is 18.2 Å². The Bertz CT molecular complexity index is 533. The van der Waals surface area contributed by atoms with E-state index in [1.54, 1.807) is 0 Å². The van der Waals surface area contributed by atoms with Crippen LogP contribution in [0.3, 0.4) is 0 Å². The van der Waals surface area contributed by atoms with Gasteiger partial charge in [0.2, 0.25) is 0 Å². The van der Waals surface area contributed by atoms with Crippen molar-refractivity contribution in [2.75, 3.05) is 18.5 Å². The van der Waals surface area contributed by atoms with Gasteiger partial charge in [-0.25, -0.2) is 4.79 Å². The van der Waals surface area contributed by atoms with E-state index >= 15 is 0 Å². The highest BCUT2D eigenvalue weighted by Gasteiger charge is 2.32. The number of nitro benzene ring substituents is 1. The molecule has 2 amide bonds. The molecule has 2 N–H and O–H groups in total. The minimum Gasteiger partial charge on any atom is -0.395 e. The first kappa shape index (κ1) is 14.5. The van der Waals surface area contributed by atoms with Crippen LogP contribution in [0.1, 0.15) is 12.8 Å². The van der Waals surface area contributed by atoms with Crippen molar-refractivity contribution in [1.29, 1.82) is 0 Å². The molecule has 0 unspecified atom stereocenters. The zero-order chi connectivity index (χ0) is 14.7. The Kier molecular flexibility index (Phi) is 4.41. The number of aliphatic hydroxyl groups excluding tert-OH is 1. The lowest BCUT2D eigenvalue weighted by atomic mass is 10.3. The molecule has 0 heterocycles. The molecule has 0 radical (unpaired) electrons. The van der Waals surface area contributed by atoms with Gasteiger partial charge in [-0.2, -0.15) is 0 Å². The van der Waals surface area contributed by atoms with Crippen LogP contribution >= 0.6 is 11.6 Å². The lowest BCUT2D eigenvalue weighted by Gasteiger charge is -2.21. The van der Waals surface area contributed by atoms with Crippen LogP contribution in [0, 0.1) is 10.1 Å². The molecule has 0 atom stereocenters. The summed E-state index contributed by atoms with van der Waals surface area (Å²) in [6.07, 6.45) is 1.82. The van der Waals surface area contributed by atoms with E-state index in [0.29, 0.717) is 5.69 Å². The van der Waals surface area contributed by atoms with Gasteiger partial charge in [-0.1, -0.05) is 11.6 Å². The SMILES string of the molecule is O=C(Nc1ccc(Cl)c([N+](=O)[O-])c1)N(CCO)C1CC1. The zero-order valence-corrected chi connectivity index (χ0v) is 11.3. The third-order valence-electron chi connectivity index (χ3n) is 2.98. The first-order valence-corrected chi connectivity index (χ1v) is 6.53. The monoisotopic (exact) mass is 299 g/mol. The van der Waals surface area contributed by atoms with Crippen molar-refractivity contribution < 1.29 is 14.8 Å². The Balaban J connectivity index is 2.10. The van der Waals surface area contributed by atoms with Crippen molar-refractivity contribution in [3.05, 3.63) is 33.3 Å². The second-order valence-corrected chi connectivity index (χ2v) is 4.91.